The van der Waals surface area contributed by atoms with E-state index in [1.807, 2.05) is 92.1 Å². The van der Waals surface area contributed by atoms with Gasteiger partial charge in [0.05, 0.1) is 27.9 Å². The van der Waals surface area contributed by atoms with E-state index < -0.39 is 66.6 Å². The van der Waals surface area contributed by atoms with Crippen LogP contribution in [0.4, 0.5) is 35.9 Å². The number of likely N-dealkylation sites (tertiary alicyclic amines) is 1. The highest BCUT2D eigenvalue weighted by atomic mass is 35.5. The fourth-order valence-corrected chi connectivity index (χ4v) is 13.9. The zero-order valence-electron chi connectivity index (χ0n) is 42.8. The molecule has 0 bridgehead atoms. The lowest BCUT2D eigenvalue weighted by molar-refractivity contribution is -0.0436. The monoisotopic (exact) mass is 1160 g/mol. The summed E-state index contributed by atoms with van der Waals surface area (Å²) in [4.78, 5) is 27.9. The molecule has 2 saturated heterocycles. The van der Waals surface area contributed by atoms with Crippen LogP contribution in [0.5, 0.6) is 0 Å². The number of nitrogens with zero attached hydrogens (tertiary/aromatic N) is 4. The number of nitrogens with one attached hydrogen (secondary N) is 2. The maximum atomic E-state index is 14.4. The smallest absolute Gasteiger partial charge is 0.478 e. The van der Waals surface area contributed by atoms with Gasteiger partial charge in [-0.15, -0.1) is 11.8 Å². The number of carboxylic acid groups (broad SMARTS) is 1. The van der Waals surface area contributed by atoms with Crippen molar-refractivity contribution in [3.63, 3.8) is 0 Å². The number of hydrogen-bond acceptors (Lipinski definition) is 12. The van der Waals surface area contributed by atoms with Gasteiger partial charge in [-0.25, -0.2) is 21.6 Å². The Balaban J connectivity index is 0.960. The maximum Gasteiger partial charge on any atom is 0.501 e. The molecule has 1 unspecified atom stereocenters. The van der Waals surface area contributed by atoms with E-state index in [4.69, 9.17) is 16.1 Å². The lowest BCUT2D eigenvalue weighted by Crippen LogP contribution is -2.46. The fraction of sp³-hybridized carbons (Fsp3) is 0.352. The van der Waals surface area contributed by atoms with Crippen LogP contribution in [0.1, 0.15) is 55.2 Å². The number of aromatic nitrogens is 1. The molecule has 23 heteroatoms. The van der Waals surface area contributed by atoms with E-state index in [0.29, 0.717) is 93.2 Å². The molecule has 0 spiro atoms. The number of alkyl halides is 3. The number of piperidine rings is 1. The predicted octanol–water partition coefficient (Wildman–Crippen LogP) is 11.7. The van der Waals surface area contributed by atoms with Crippen LogP contribution in [-0.4, -0.2) is 118 Å². The van der Waals surface area contributed by atoms with Crippen LogP contribution < -0.4 is 19.8 Å². The number of carbonyl (C=O) groups is 1. The second-order valence-corrected chi connectivity index (χ2v) is 26.4. The first-order chi connectivity index (χ1) is 36.4. The first kappa shape index (κ1) is 57.7. The minimum atomic E-state index is -6.07. The number of sulfone groups is 1. The molecule has 412 valence electrons. The van der Waals surface area contributed by atoms with E-state index in [2.05, 4.69) is 24.7 Å². The molecule has 0 aliphatic carbocycles. The zero-order chi connectivity index (χ0) is 55.5. The van der Waals surface area contributed by atoms with Gasteiger partial charge in [-0.3, -0.25) is 9.29 Å². The number of benzene rings is 5. The number of sulfonamides is 1. The molecule has 2 aliphatic rings. The van der Waals surface area contributed by atoms with Crippen molar-refractivity contribution in [2.45, 2.75) is 78.4 Å². The molecule has 15 nitrogen and oxygen atoms in total. The number of halogens is 4. The SMILES string of the molecule is Cc1c(C(=O)O)c(-c2cccc(N3CCN(c4ccc(NS(=O)(=O)c5ccc(N[C@H](CCN6CCC(OP(C)(=O)O)CC6)CSc6ccccc6)c(S(=O)(=O)C(F)(F)F)c5)cc4)CC3)c2)c(-c2ccc(Cl)cc2)n1C(C)C. The van der Waals surface area contributed by atoms with Gasteiger partial charge in [-0.05, 0) is 130 Å². The van der Waals surface area contributed by atoms with Crippen LogP contribution in [0.3, 0.4) is 0 Å². The van der Waals surface area contributed by atoms with E-state index in [0.717, 1.165) is 51.9 Å². The summed E-state index contributed by atoms with van der Waals surface area (Å²) in [5.41, 5.74) is -0.508. The summed E-state index contributed by atoms with van der Waals surface area (Å²) in [6.45, 7) is 10.9. The van der Waals surface area contributed by atoms with Gasteiger partial charge in [-0.1, -0.05) is 54.1 Å². The highest BCUT2D eigenvalue weighted by Crippen LogP contribution is 2.44. The summed E-state index contributed by atoms with van der Waals surface area (Å²) in [6.07, 6.45) is 0.963. The standard InChI is InChI=1S/C54H61ClF3N6O9PS3/c1-36(2)64-37(3)50(53(65)66)51(52(64)38-13-15-40(55)16-14-38)39-9-8-10-44(33-39)63-31-29-62(30-32-63)43-19-17-41(18-20-43)60-77(71,72)47-21-22-48(49(34-47)76(69,70)54(56,57)58)59-42(35-75-46-11-6-5-7-12-46)23-26-61-27-24-45(25-28-61)73-74(4,67)68/h5-22,33-34,36,42,45,59-60H,23-32,35H2,1-4H3,(H,65,66)(H,67,68)/t42-/m1/s1. The summed E-state index contributed by atoms with van der Waals surface area (Å²) in [5.74, 6) is -0.709. The molecule has 4 N–H and O–H groups in total. The van der Waals surface area contributed by atoms with Crippen molar-refractivity contribution >= 4 is 79.5 Å². The number of piperazine rings is 1. The van der Waals surface area contributed by atoms with Crippen molar-refractivity contribution < 1.29 is 53.9 Å². The minimum Gasteiger partial charge on any atom is -0.478 e. The Kier molecular flexibility index (Phi) is 17.9. The molecule has 2 fully saturated rings. The Morgan fingerprint density at radius 2 is 1.47 bits per heavy atom. The zero-order valence-corrected chi connectivity index (χ0v) is 46.9. The summed E-state index contributed by atoms with van der Waals surface area (Å²) >= 11 is 7.67. The summed E-state index contributed by atoms with van der Waals surface area (Å²) in [7, 11) is -14.4. The van der Waals surface area contributed by atoms with Gasteiger partial charge in [0.1, 0.15) is 4.90 Å². The highest BCUT2D eigenvalue weighted by molar-refractivity contribution is 7.99. The molecule has 77 heavy (non-hydrogen) atoms. The molecule has 0 radical (unpaired) electrons. The molecule has 0 saturated carbocycles. The Labute approximate surface area is 456 Å². The Morgan fingerprint density at radius 1 is 0.831 bits per heavy atom. The van der Waals surface area contributed by atoms with E-state index in [9.17, 15) is 49.4 Å². The first-order valence-electron chi connectivity index (χ1n) is 25.0. The quantitative estimate of drug-likeness (QED) is 0.0417. The lowest BCUT2D eigenvalue weighted by Gasteiger charge is -2.37. The third kappa shape index (κ3) is 13.9. The van der Waals surface area contributed by atoms with Crippen LogP contribution in [0.2, 0.25) is 5.02 Å². The van der Waals surface area contributed by atoms with Gasteiger partial charge in [0, 0.05) is 109 Å². The third-order valence-electron chi connectivity index (χ3n) is 13.6. The normalized spacial score (nSPS) is 16.3. The molecule has 5 aromatic carbocycles. The predicted molar refractivity (Wildman–Crippen MR) is 299 cm³/mol. The van der Waals surface area contributed by atoms with Gasteiger partial charge in [0.15, 0.2) is 0 Å². The molecule has 0 amide bonds. The Morgan fingerprint density at radius 3 is 2.06 bits per heavy atom. The number of thioether (sulfide) groups is 1. The van der Waals surface area contributed by atoms with E-state index >= 15 is 0 Å². The molecule has 6 aromatic rings. The largest absolute Gasteiger partial charge is 0.501 e. The van der Waals surface area contributed by atoms with Crippen LogP contribution in [-0.2, 0) is 28.9 Å². The number of carboxylic acids is 1. The van der Waals surface area contributed by atoms with Crippen LogP contribution in [0.25, 0.3) is 22.4 Å². The summed E-state index contributed by atoms with van der Waals surface area (Å²) in [5, 5.41) is 14.1. The Hall–Kier alpha value is -5.51. The van der Waals surface area contributed by atoms with Crippen molar-refractivity contribution in [3.8, 4) is 22.4 Å². The molecule has 2 atom stereocenters. The molecular formula is C54H61ClF3N6O9PS3. The molecule has 3 heterocycles. The molecule has 1 aromatic heterocycles. The summed E-state index contributed by atoms with van der Waals surface area (Å²) < 4.78 is 119. The second kappa shape index (κ2) is 23.8. The van der Waals surface area contributed by atoms with E-state index in [1.54, 1.807) is 24.3 Å². The lowest BCUT2D eigenvalue weighted by atomic mass is 9.96. The van der Waals surface area contributed by atoms with Gasteiger partial charge >= 0.3 is 19.1 Å². The Bertz CT molecular complexity index is 3330. The van der Waals surface area contributed by atoms with Crippen molar-refractivity contribution in [1.29, 1.82) is 0 Å². The first-order valence-corrected chi connectivity index (χ1v) is 31.3. The van der Waals surface area contributed by atoms with Crippen molar-refractivity contribution in [3.05, 3.63) is 138 Å². The molecule has 8 rings (SSSR count). The van der Waals surface area contributed by atoms with Gasteiger partial charge < -0.3 is 39.1 Å². The summed E-state index contributed by atoms with van der Waals surface area (Å²) in [6, 6.07) is 33.0. The molecule has 2 aliphatic heterocycles. The minimum absolute atomic E-state index is 0.0384. The van der Waals surface area contributed by atoms with Crippen LogP contribution in [0.15, 0.2) is 136 Å². The van der Waals surface area contributed by atoms with Crippen molar-refractivity contribution in [2.24, 2.45) is 0 Å². The van der Waals surface area contributed by atoms with Crippen molar-refractivity contribution in [2.75, 3.05) is 78.1 Å². The number of hydrogen-bond donors (Lipinski definition) is 4. The van der Waals surface area contributed by atoms with Gasteiger partial charge in [0.25, 0.3) is 19.9 Å². The number of rotatable bonds is 20. The van der Waals surface area contributed by atoms with E-state index in [1.165, 1.54) is 23.9 Å². The average Bonchev–Trinajstić information content (AvgIpc) is 3.92. The number of anilines is 4. The van der Waals surface area contributed by atoms with Crippen molar-refractivity contribution in [1.82, 2.24) is 9.47 Å². The second-order valence-electron chi connectivity index (χ2n) is 19.4. The van der Waals surface area contributed by atoms with Crippen LogP contribution in [0, 0.1) is 6.92 Å². The van der Waals surface area contributed by atoms with Gasteiger partial charge in [-0.2, -0.15) is 13.2 Å². The van der Waals surface area contributed by atoms with Gasteiger partial charge in [0.2, 0.25) is 0 Å². The fourth-order valence-electron chi connectivity index (χ4n) is 9.94. The van der Waals surface area contributed by atoms with Crippen LogP contribution >= 0.6 is 31.0 Å². The number of aromatic carboxylic acids is 1. The third-order valence-corrected chi connectivity index (χ3v) is 18.7. The highest BCUT2D eigenvalue weighted by Gasteiger charge is 2.48. The van der Waals surface area contributed by atoms with E-state index in [-0.39, 0.29) is 17.3 Å². The molecular weight excluding hydrogens is 1100 g/mol. The average molecular weight is 1160 g/mol. The topological polar surface area (TPSA) is 191 Å². The maximum absolute atomic E-state index is 14.4.